The molecule has 5 rings (SSSR count). The van der Waals surface area contributed by atoms with Crippen LogP contribution in [-0.2, 0) is 6.42 Å². The molecule has 0 fully saturated rings. The number of amides is 1. The van der Waals surface area contributed by atoms with E-state index < -0.39 is 0 Å². The molecule has 0 aliphatic heterocycles. The highest BCUT2D eigenvalue weighted by molar-refractivity contribution is 6.05. The van der Waals surface area contributed by atoms with Crippen molar-refractivity contribution in [3.05, 3.63) is 102 Å². The fraction of sp³-hybridized carbons (Fsp3) is 0.0769. The topological polar surface area (TPSA) is 92.8 Å². The molecule has 166 valence electrons. The molecule has 2 heterocycles. The summed E-state index contributed by atoms with van der Waals surface area (Å²) < 4.78 is 5.81. The van der Waals surface area contributed by atoms with Crippen LogP contribution in [0.25, 0.3) is 22.3 Å². The molecule has 3 aromatic carbocycles. The number of ether oxygens (including phenoxy) is 1. The van der Waals surface area contributed by atoms with Gasteiger partial charge in [0.2, 0.25) is 5.65 Å². The Bertz CT molecular complexity index is 1390. The van der Waals surface area contributed by atoms with Gasteiger partial charge in [-0.3, -0.25) is 4.79 Å². The molecule has 2 N–H and O–H groups in total. The van der Waals surface area contributed by atoms with E-state index in [0.717, 1.165) is 23.3 Å². The van der Waals surface area contributed by atoms with Crippen LogP contribution in [-0.4, -0.2) is 32.9 Å². The molecule has 0 saturated carbocycles. The fourth-order valence-electron chi connectivity index (χ4n) is 3.51. The monoisotopic (exact) mass is 439 g/mol. The van der Waals surface area contributed by atoms with Crippen LogP contribution in [0.15, 0.2) is 91.1 Å². The number of benzene rings is 3. The highest BCUT2D eigenvalue weighted by Crippen LogP contribution is 2.23. The molecule has 0 aliphatic carbocycles. The Hall–Kier alpha value is -4.52. The van der Waals surface area contributed by atoms with Gasteiger partial charge in [0, 0.05) is 32.3 Å². The second kappa shape index (κ2) is 9.32. The van der Waals surface area contributed by atoms with E-state index in [1.807, 2.05) is 66.7 Å². The summed E-state index contributed by atoms with van der Waals surface area (Å²) in [6.45, 7) is 0.595. The number of rotatable bonds is 7. The molecule has 0 radical (unpaired) electrons. The molecule has 2 aromatic heterocycles. The van der Waals surface area contributed by atoms with Crippen molar-refractivity contribution < 1.29 is 12.4 Å². The number of hydrogen-bond acceptors (Lipinski definition) is 5. The van der Waals surface area contributed by atoms with Crippen molar-refractivity contribution in [1.82, 2.24) is 20.4 Å². The lowest BCUT2D eigenvalue weighted by atomic mass is 10.0. The number of hydrogen-bond donors (Lipinski definition) is 2. The minimum absolute atomic E-state index is 0. The zero-order valence-electron chi connectivity index (χ0n) is 17.7. The number of anilines is 1. The molecule has 33 heavy (non-hydrogen) atoms. The molecule has 0 atom stereocenters. The standard InChI is InChI=1S/C26H21N5O2.2H2/c32-26(20-8-4-7-19(15-20)21-16-24-25(27-17-21)30-31-29-24)28-22-9-11-23(12-10-22)33-14-13-18-5-2-1-3-6-18;;/h1-12,15-17H,13-14H2,(H,28,32)(H,27,29,30,31);2*1H. The van der Waals surface area contributed by atoms with Gasteiger partial charge in [-0.1, -0.05) is 42.5 Å². The maximum absolute atomic E-state index is 12.8. The average molecular weight is 440 g/mol. The number of H-pyrrole nitrogens is 1. The maximum atomic E-state index is 12.8. The van der Waals surface area contributed by atoms with Crippen LogP contribution in [0.5, 0.6) is 5.75 Å². The summed E-state index contributed by atoms with van der Waals surface area (Å²) in [5.41, 5.74) is 5.46. The van der Waals surface area contributed by atoms with Gasteiger partial charge in [0.05, 0.1) is 6.61 Å². The summed E-state index contributed by atoms with van der Waals surface area (Å²) in [6, 6.07) is 26.9. The van der Waals surface area contributed by atoms with Crippen LogP contribution >= 0.6 is 0 Å². The summed E-state index contributed by atoms with van der Waals surface area (Å²) in [5, 5.41) is 13.5. The lowest BCUT2D eigenvalue weighted by Crippen LogP contribution is -2.11. The van der Waals surface area contributed by atoms with Crippen molar-refractivity contribution in [2.24, 2.45) is 0 Å². The third-order valence-corrected chi connectivity index (χ3v) is 5.25. The maximum Gasteiger partial charge on any atom is 0.255 e. The normalized spacial score (nSPS) is 10.8. The van der Waals surface area contributed by atoms with E-state index in [4.69, 9.17) is 4.74 Å². The number of aromatic nitrogens is 4. The van der Waals surface area contributed by atoms with Gasteiger partial charge >= 0.3 is 0 Å². The smallest absolute Gasteiger partial charge is 0.255 e. The van der Waals surface area contributed by atoms with E-state index >= 15 is 0 Å². The number of nitrogens with one attached hydrogen (secondary N) is 2. The van der Waals surface area contributed by atoms with Crippen LogP contribution in [0.2, 0.25) is 0 Å². The van der Waals surface area contributed by atoms with Gasteiger partial charge in [-0.2, -0.15) is 10.3 Å². The number of fused-ring (bicyclic) bond motifs is 1. The highest BCUT2D eigenvalue weighted by atomic mass is 16.5. The zero-order chi connectivity index (χ0) is 22.5. The SMILES string of the molecule is O=C(Nc1ccc(OCCc2ccccc2)cc1)c1cccc(-c2cnc3n[nH]nc3c2)c1.[HH].[HH]. The lowest BCUT2D eigenvalue weighted by molar-refractivity contribution is 0.102. The van der Waals surface area contributed by atoms with Gasteiger partial charge in [-0.05, 0) is 53.6 Å². The molecule has 0 unspecified atom stereocenters. The van der Waals surface area contributed by atoms with E-state index in [0.29, 0.717) is 29.0 Å². The Kier molecular flexibility index (Phi) is 5.75. The van der Waals surface area contributed by atoms with E-state index in [1.54, 1.807) is 12.3 Å². The number of carbonyl (C=O) groups excluding carboxylic acids is 1. The van der Waals surface area contributed by atoms with Crippen LogP contribution in [0.3, 0.4) is 0 Å². The molecule has 5 aromatic rings. The van der Waals surface area contributed by atoms with Crippen molar-refractivity contribution in [1.29, 1.82) is 0 Å². The average Bonchev–Trinajstić information content (AvgIpc) is 3.34. The van der Waals surface area contributed by atoms with Crippen LogP contribution in [0.1, 0.15) is 18.8 Å². The number of aromatic amines is 1. The van der Waals surface area contributed by atoms with Gasteiger partial charge < -0.3 is 10.1 Å². The third-order valence-electron chi connectivity index (χ3n) is 5.25. The van der Waals surface area contributed by atoms with Gasteiger partial charge in [-0.15, -0.1) is 5.10 Å². The van der Waals surface area contributed by atoms with E-state index in [1.165, 1.54) is 5.56 Å². The predicted octanol–water partition coefficient (Wildman–Crippen LogP) is 5.39. The predicted molar refractivity (Wildman–Crippen MR) is 131 cm³/mol. The van der Waals surface area contributed by atoms with Crippen molar-refractivity contribution in [3.63, 3.8) is 0 Å². The Morgan fingerprint density at radius 1 is 0.909 bits per heavy atom. The Labute approximate surface area is 193 Å². The lowest BCUT2D eigenvalue weighted by Gasteiger charge is -2.09. The van der Waals surface area contributed by atoms with E-state index in [9.17, 15) is 4.79 Å². The van der Waals surface area contributed by atoms with Crippen LogP contribution in [0, 0.1) is 0 Å². The number of nitrogens with zero attached hydrogens (tertiary/aromatic N) is 3. The van der Waals surface area contributed by atoms with E-state index in [-0.39, 0.29) is 8.76 Å². The molecule has 7 heteroatoms. The molecule has 0 bridgehead atoms. The largest absolute Gasteiger partial charge is 0.493 e. The van der Waals surface area contributed by atoms with Gasteiger partial charge in [0.25, 0.3) is 5.91 Å². The first-order valence-electron chi connectivity index (χ1n) is 10.6. The second-order valence-corrected chi connectivity index (χ2v) is 7.53. The molecule has 0 aliphatic rings. The quantitative estimate of drug-likeness (QED) is 0.355. The second-order valence-electron chi connectivity index (χ2n) is 7.53. The fourth-order valence-corrected chi connectivity index (χ4v) is 3.51. The zero-order valence-corrected chi connectivity index (χ0v) is 17.7. The molecule has 0 saturated heterocycles. The summed E-state index contributed by atoms with van der Waals surface area (Å²) >= 11 is 0. The number of pyridine rings is 1. The first-order chi connectivity index (χ1) is 16.2. The molecular formula is C26H25N5O2. The van der Waals surface area contributed by atoms with Crippen molar-refractivity contribution in [3.8, 4) is 16.9 Å². The van der Waals surface area contributed by atoms with Gasteiger partial charge in [0.1, 0.15) is 11.3 Å². The van der Waals surface area contributed by atoms with Crippen molar-refractivity contribution in [2.75, 3.05) is 11.9 Å². The third kappa shape index (κ3) is 4.88. The highest BCUT2D eigenvalue weighted by Gasteiger charge is 2.10. The number of carbonyl (C=O) groups is 1. The summed E-state index contributed by atoms with van der Waals surface area (Å²) in [6.07, 6.45) is 2.56. The minimum atomic E-state index is -0.190. The van der Waals surface area contributed by atoms with Gasteiger partial charge in [0.15, 0.2) is 0 Å². The minimum Gasteiger partial charge on any atom is -0.493 e. The molecular weight excluding hydrogens is 414 g/mol. The van der Waals surface area contributed by atoms with Crippen molar-refractivity contribution in [2.45, 2.75) is 6.42 Å². The Balaban J connectivity index is 0.00000171. The van der Waals surface area contributed by atoms with Crippen LogP contribution < -0.4 is 10.1 Å². The summed E-state index contributed by atoms with van der Waals surface area (Å²) in [7, 11) is 0. The first-order valence-corrected chi connectivity index (χ1v) is 10.6. The van der Waals surface area contributed by atoms with Gasteiger partial charge in [-0.25, -0.2) is 4.98 Å². The van der Waals surface area contributed by atoms with Crippen LogP contribution in [0.4, 0.5) is 5.69 Å². The summed E-state index contributed by atoms with van der Waals surface area (Å²) in [4.78, 5) is 17.1. The summed E-state index contributed by atoms with van der Waals surface area (Å²) in [5.74, 6) is 0.576. The Morgan fingerprint density at radius 3 is 2.61 bits per heavy atom. The van der Waals surface area contributed by atoms with Crippen molar-refractivity contribution >= 4 is 22.8 Å². The Morgan fingerprint density at radius 2 is 1.76 bits per heavy atom. The molecule has 7 nitrogen and oxygen atoms in total. The molecule has 0 spiro atoms. The molecule has 1 amide bonds. The first kappa shape index (κ1) is 20.4. The van der Waals surface area contributed by atoms with E-state index in [2.05, 4.69) is 37.8 Å².